The zero-order chi connectivity index (χ0) is 18.6. The van der Waals surface area contributed by atoms with Crippen LogP contribution < -0.4 is 11.5 Å². The molecule has 0 aromatic heterocycles. The van der Waals surface area contributed by atoms with Crippen LogP contribution >= 0.6 is 0 Å². The number of hydrogen-bond donors (Lipinski definition) is 3. The molecule has 0 saturated carbocycles. The van der Waals surface area contributed by atoms with E-state index in [1.54, 1.807) is 6.07 Å². The topological polar surface area (TPSA) is 89.3 Å². The maximum Gasteiger partial charge on any atom is 0.304 e. The van der Waals surface area contributed by atoms with Crippen molar-refractivity contribution >= 4 is 17.3 Å². The fourth-order valence-corrected chi connectivity index (χ4v) is 3.43. The number of carbonyl (C=O) groups is 1. The van der Waals surface area contributed by atoms with Gasteiger partial charge in [0, 0.05) is 5.92 Å². The number of benzene rings is 2. The highest BCUT2D eigenvalue weighted by Gasteiger charge is 2.22. The lowest BCUT2D eigenvalue weighted by Crippen LogP contribution is -2.12. The van der Waals surface area contributed by atoms with Crippen LogP contribution in [0.15, 0.2) is 30.3 Å². The summed E-state index contributed by atoms with van der Waals surface area (Å²) in [5.41, 5.74) is 18.5. The largest absolute Gasteiger partial charge is 0.481 e. The summed E-state index contributed by atoms with van der Waals surface area (Å²) in [6, 6.07) is 10.0. The molecule has 134 valence electrons. The minimum atomic E-state index is -0.824. The standard InChI is InChI=1S/C21H28N2O2/c1-4-6-15-7-8-16(11-14(15)5-2)18(12-20(24)25)17-9-10-19(22)21(23)13(17)3/h7-11,18H,4-6,12,22-23H2,1-3H3,(H,24,25). The third kappa shape index (κ3) is 4.13. The number of nitrogens with two attached hydrogens (primary N) is 2. The fraction of sp³-hybridized carbons (Fsp3) is 0.381. The molecule has 0 aliphatic heterocycles. The predicted molar refractivity (Wildman–Crippen MR) is 104 cm³/mol. The summed E-state index contributed by atoms with van der Waals surface area (Å²) in [6.07, 6.45) is 3.10. The second-order valence-electron chi connectivity index (χ2n) is 6.56. The summed E-state index contributed by atoms with van der Waals surface area (Å²) >= 11 is 0. The number of aryl methyl sites for hydroxylation is 2. The third-order valence-electron chi connectivity index (χ3n) is 4.88. The van der Waals surface area contributed by atoms with E-state index < -0.39 is 5.97 Å². The number of anilines is 2. The molecule has 0 heterocycles. The lowest BCUT2D eigenvalue weighted by Gasteiger charge is -2.22. The van der Waals surface area contributed by atoms with Gasteiger partial charge in [0.05, 0.1) is 17.8 Å². The molecule has 2 rings (SSSR count). The summed E-state index contributed by atoms with van der Waals surface area (Å²) < 4.78 is 0. The Bertz CT molecular complexity index is 769. The molecule has 0 fully saturated rings. The average Bonchev–Trinajstić information content (AvgIpc) is 2.59. The number of rotatable bonds is 7. The van der Waals surface area contributed by atoms with Crippen molar-refractivity contribution in [2.24, 2.45) is 0 Å². The highest BCUT2D eigenvalue weighted by molar-refractivity contribution is 5.73. The Morgan fingerprint density at radius 3 is 2.44 bits per heavy atom. The van der Waals surface area contributed by atoms with Crippen molar-refractivity contribution in [2.45, 2.75) is 52.4 Å². The van der Waals surface area contributed by atoms with E-state index in [-0.39, 0.29) is 12.3 Å². The fourth-order valence-electron chi connectivity index (χ4n) is 3.43. The van der Waals surface area contributed by atoms with Crippen LogP contribution in [0.5, 0.6) is 0 Å². The summed E-state index contributed by atoms with van der Waals surface area (Å²) in [5.74, 6) is -1.06. The molecule has 5 N–H and O–H groups in total. The Kier molecular flexibility index (Phi) is 6.07. The molecule has 0 aliphatic rings. The summed E-state index contributed by atoms with van der Waals surface area (Å²) in [6.45, 7) is 6.21. The first-order valence-electron chi connectivity index (χ1n) is 8.86. The van der Waals surface area contributed by atoms with E-state index in [9.17, 15) is 9.90 Å². The summed E-state index contributed by atoms with van der Waals surface area (Å²) in [5, 5.41) is 9.43. The number of carboxylic acid groups (broad SMARTS) is 1. The van der Waals surface area contributed by atoms with Crippen molar-refractivity contribution < 1.29 is 9.90 Å². The molecule has 4 heteroatoms. The van der Waals surface area contributed by atoms with Crippen LogP contribution in [-0.4, -0.2) is 11.1 Å². The van der Waals surface area contributed by atoms with Crippen LogP contribution in [0.25, 0.3) is 0 Å². The quantitative estimate of drug-likeness (QED) is 0.656. The van der Waals surface area contributed by atoms with Gasteiger partial charge in [-0.1, -0.05) is 44.5 Å². The monoisotopic (exact) mass is 340 g/mol. The first kappa shape index (κ1) is 18.8. The van der Waals surface area contributed by atoms with Crippen LogP contribution in [0.3, 0.4) is 0 Å². The molecular weight excluding hydrogens is 312 g/mol. The van der Waals surface area contributed by atoms with E-state index in [0.717, 1.165) is 36.0 Å². The van der Waals surface area contributed by atoms with E-state index in [4.69, 9.17) is 11.5 Å². The maximum absolute atomic E-state index is 11.5. The van der Waals surface area contributed by atoms with E-state index in [1.165, 1.54) is 11.1 Å². The molecule has 0 aliphatic carbocycles. The molecule has 2 aromatic rings. The number of aliphatic carboxylic acids is 1. The Balaban J connectivity index is 2.55. The molecule has 0 saturated heterocycles. The van der Waals surface area contributed by atoms with Gasteiger partial charge in [-0.05, 0) is 53.6 Å². The Morgan fingerprint density at radius 2 is 1.84 bits per heavy atom. The molecule has 0 spiro atoms. The zero-order valence-corrected chi connectivity index (χ0v) is 15.3. The lowest BCUT2D eigenvalue weighted by molar-refractivity contribution is -0.137. The first-order valence-corrected chi connectivity index (χ1v) is 8.86. The van der Waals surface area contributed by atoms with Crippen molar-refractivity contribution in [3.8, 4) is 0 Å². The molecule has 4 nitrogen and oxygen atoms in total. The first-order chi connectivity index (χ1) is 11.9. The van der Waals surface area contributed by atoms with E-state index in [0.29, 0.717) is 11.4 Å². The van der Waals surface area contributed by atoms with Gasteiger partial charge in [0.1, 0.15) is 0 Å². The van der Waals surface area contributed by atoms with Crippen molar-refractivity contribution in [1.82, 2.24) is 0 Å². The highest BCUT2D eigenvalue weighted by atomic mass is 16.4. The Morgan fingerprint density at radius 1 is 1.12 bits per heavy atom. The van der Waals surface area contributed by atoms with Crippen LogP contribution in [0.4, 0.5) is 11.4 Å². The van der Waals surface area contributed by atoms with Gasteiger partial charge in [-0.3, -0.25) is 4.79 Å². The highest BCUT2D eigenvalue weighted by Crippen LogP contribution is 2.35. The Labute approximate surface area is 149 Å². The second kappa shape index (κ2) is 8.06. The number of nitrogen functional groups attached to an aromatic ring is 2. The van der Waals surface area contributed by atoms with E-state index in [2.05, 4.69) is 32.0 Å². The van der Waals surface area contributed by atoms with Gasteiger partial charge in [0.15, 0.2) is 0 Å². The smallest absolute Gasteiger partial charge is 0.304 e. The lowest BCUT2D eigenvalue weighted by atomic mass is 9.83. The van der Waals surface area contributed by atoms with Gasteiger partial charge in [0.2, 0.25) is 0 Å². The van der Waals surface area contributed by atoms with Gasteiger partial charge >= 0.3 is 5.97 Å². The zero-order valence-electron chi connectivity index (χ0n) is 15.3. The van der Waals surface area contributed by atoms with Gasteiger partial charge in [-0.15, -0.1) is 0 Å². The van der Waals surface area contributed by atoms with E-state index in [1.807, 2.05) is 13.0 Å². The van der Waals surface area contributed by atoms with Gasteiger partial charge in [-0.2, -0.15) is 0 Å². The molecular formula is C21H28N2O2. The number of hydrogen-bond acceptors (Lipinski definition) is 3. The molecule has 1 unspecified atom stereocenters. The predicted octanol–water partition coefficient (Wildman–Crippen LogP) is 4.28. The normalized spacial score (nSPS) is 12.1. The maximum atomic E-state index is 11.5. The van der Waals surface area contributed by atoms with Crippen LogP contribution in [-0.2, 0) is 17.6 Å². The molecule has 25 heavy (non-hydrogen) atoms. The molecule has 0 amide bonds. The van der Waals surface area contributed by atoms with Gasteiger partial charge in [0.25, 0.3) is 0 Å². The minimum absolute atomic E-state index is 0.0283. The van der Waals surface area contributed by atoms with Gasteiger partial charge < -0.3 is 16.6 Å². The summed E-state index contributed by atoms with van der Waals surface area (Å²) in [4.78, 5) is 11.5. The third-order valence-corrected chi connectivity index (χ3v) is 4.88. The van der Waals surface area contributed by atoms with Crippen LogP contribution in [0.2, 0.25) is 0 Å². The molecule has 1 atom stereocenters. The molecule has 0 radical (unpaired) electrons. The van der Waals surface area contributed by atoms with E-state index >= 15 is 0 Å². The SMILES string of the molecule is CCCc1ccc(C(CC(=O)O)c2ccc(N)c(N)c2C)cc1CC. The van der Waals surface area contributed by atoms with Crippen LogP contribution in [0, 0.1) is 6.92 Å². The molecule has 2 aromatic carbocycles. The van der Waals surface area contributed by atoms with Crippen molar-refractivity contribution in [3.63, 3.8) is 0 Å². The van der Waals surface area contributed by atoms with Crippen LogP contribution in [0.1, 0.15) is 60.4 Å². The van der Waals surface area contributed by atoms with Crippen molar-refractivity contribution in [1.29, 1.82) is 0 Å². The minimum Gasteiger partial charge on any atom is -0.481 e. The second-order valence-corrected chi connectivity index (χ2v) is 6.56. The summed E-state index contributed by atoms with van der Waals surface area (Å²) in [7, 11) is 0. The average molecular weight is 340 g/mol. The van der Waals surface area contributed by atoms with Crippen molar-refractivity contribution in [3.05, 3.63) is 58.1 Å². The van der Waals surface area contributed by atoms with Crippen molar-refractivity contribution in [2.75, 3.05) is 11.5 Å². The number of carboxylic acids is 1. The molecule has 0 bridgehead atoms. The Hall–Kier alpha value is -2.49. The van der Waals surface area contributed by atoms with Gasteiger partial charge in [-0.25, -0.2) is 0 Å².